The molecule has 2 aromatic carbocycles. The summed E-state index contributed by atoms with van der Waals surface area (Å²) in [5.74, 6) is 0.625. The van der Waals surface area contributed by atoms with Crippen LogP contribution in [0.4, 0.5) is 0 Å². The Labute approximate surface area is 209 Å². The van der Waals surface area contributed by atoms with Crippen LogP contribution in [0.2, 0.25) is 13.1 Å². The van der Waals surface area contributed by atoms with Crippen LogP contribution >= 0.6 is 11.8 Å². The number of hydrogen-bond donors (Lipinski definition) is 0. The second kappa shape index (κ2) is 8.17. The van der Waals surface area contributed by atoms with Gasteiger partial charge in [0, 0.05) is 15.7 Å². The molecule has 1 atom stereocenters. The van der Waals surface area contributed by atoms with E-state index in [0.717, 1.165) is 6.42 Å². The topological polar surface area (TPSA) is 0 Å². The van der Waals surface area contributed by atoms with E-state index in [1.54, 1.807) is 25.8 Å². The molecule has 0 spiro atoms. The molecular weight excluding hydrogens is 511 g/mol. The number of rotatable bonds is 2. The van der Waals surface area contributed by atoms with E-state index < -0.39 is 8.07 Å². The molecule has 1 saturated heterocycles. The van der Waals surface area contributed by atoms with E-state index in [1.165, 1.54) is 21.9 Å². The Hall–Kier alpha value is -0.570. The Bertz CT molecular complexity index is 1170. The van der Waals surface area contributed by atoms with E-state index in [-0.39, 0.29) is 51.0 Å². The Morgan fingerprint density at radius 2 is 1.72 bits per heavy atom. The maximum Gasteiger partial charge on any atom is 2.00 e. The van der Waals surface area contributed by atoms with Crippen LogP contribution in [0.25, 0.3) is 15.7 Å². The van der Waals surface area contributed by atoms with Gasteiger partial charge in [0.15, 0.2) is 0 Å². The second-order valence-corrected chi connectivity index (χ2v) is 13.6. The summed E-state index contributed by atoms with van der Waals surface area (Å²) >= 11 is 2.04. The van der Waals surface area contributed by atoms with E-state index in [4.69, 9.17) is 0 Å². The number of halogens is 2. The zero-order valence-corrected chi connectivity index (χ0v) is 22.1. The fourth-order valence-corrected chi connectivity index (χ4v) is 11.2. The molecular formula is C24H20Cl2SSiZr. The number of fused-ring (bicyclic) bond motifs is 1. The van der Waals surface area contributed by atoms with Crippen LogP contribution in [-0.2, 0) is 26.2 Å². The smallest absolute Gasteiger partial charge is 1.00 e. The molecule has 0 nitrogen and oxygen atoms in total. The van der Waals surface area contributed by atoms with Crippen molar-refractivity contribution in [3.05, 3.63) is 98.8 Å². The third-order valence-electron chi connectivity index (χ3n) is 6.38. The van der Waals surface area contributed by atoms with E-state index in [9.17, 15) is 0 Å². The van der Waals surface area contributed by atoms with Crippen molar-refractivity contribution in [1.29, 1.82) is 0 Å². The number of benzene rings is 2. The molecule has 5 heteroatoms. The Morgan fingerprint density at radius 1 is 0.966 bits per heavy atom. The van der Waals surface area contributed by atoms with Crippen LogP contribution in [-0.4, -0.2) is 8.07 Å². The number of hydrogen-bond acceptors (Lipinski definition) is 1. The van der Waals surface area contributed by atoms with Gasteiger partial charge in [0.05, 0.1) is 0 Å². The van der Waals surface area contributed by atoms with Crippen molar-refractivity contribution in [2.45, 2.75) is 19.5 Å². The molecule has 2 aliphatic carbocycles. The molecule has 29 heavy (non-hydrogen) atoms. The average molecular weight is 531 g/mol. The molecule has 4 aliphatic rings. The molecule has 0 aromatic heterocycles. The Kier molecular flexibility index (Phi) is 6.51. The summed E-state index contributed by atoms with van der Waals surface area (Å²) in [7, 11) is -1.49. The fraction of sp³-hybridized carbons (Fsp3) is 0.167. The normalized spacial score (nSPS) is 22.3. The summed E-state index contributed by atoms with van der Waals surface area (Å²) in [4.78, 5) is 3.14. The van der Waals surface area contributed by atoms with Crippen LogP contribution in [0.15, 0.2) is 93.2 Å². The van der Waals surface area contributed by atoms with Crippen LogP contribution in [0.3, 0.4) is 0 Å². The maximum absolute atomic E-state index is 2.56. The first-order valence-corrected chi connectivity index (χ1v) is 13.2. The predicted molar refractivity (Wildman–Crippen MR) is 116 cm³/mol. The minimum Gasteiger partial charge on any atom is -1.00 e. The summed E-state index contributed by atoms with van der Waals surface area (Å²) in [5, 5.41) is 6.25. The zero-order chi connectivity index (χ0) is 17.5. The summed E-state index contributed by atoms with van der Waals surface area (Å²) < 4.78 is 0. The van der Waals surface area contributed by atoms with Gasteiger partial charge in [-0.3, -0.25) is 0 Å². The molecule has 2 aliphatic heterocycles. The predicted octanol–water partition coefficient (Wildman–Crippen LogP) is 0.800. The monoisotopic (exact) mass is 528 g/mol. The molecule has 0 amide bonds. The van der Waals surface area contributed by atoms with Gasteiger partial charge in [-0.1, -0.05) is 89.9 Å². The summed E-state index contributed by atoms with van der Waals surface area (Å²) in [5.41, 5.74) is 4.54. The van der Waals surface area contributed by atoms with Gasteiger partial charge in [-0.15, -0.1) is 0 Å². The van der Waals surface area contributed by atoms with Gasteiger partial charge < -0.3 is 24.8 Å². The van der Waals surface area contributed by atoms with Gasteiger partial charge in [0.25, 0.3) is 0 Å². The fourth-order valence-electron chi connectivity index (χ4n) is 5.15. The SMILES string of the molecule is C[Si]1(C)C2=C(C3=CC=CC3)C=C3SC(c4ccc5ccccc5c4)=C1C32.[Cl-].[Cl-].[Zr+2]. The van der Waals surface area contributed by atoms with Gasteiger partial charge in [0.2, 0.25) is 0 Å². The van der Waals surface area contributed by atoms with E-state index in [1.807, 2.05) is 11.8 Å². The van der Waals surface area contributed by atoms with Crippen molar-refractivity contribution in [2.75, 3.05) is 0 Å². The van der Waals surface area contributed by atoms with Gasteiger partial charge in [-0.25, -0.2) is 0 Å². The van der Waals surface area contributed by atoms with Gasteiger partial charge in [-0.05, 0) is 46.0 Å². The van der Waals surface area contributed by atoms with Crippen LogP contribution in [0.5, 0.6) is 0 Å². The van der Waals surface area contributed by atoms with Gasteiger partial charge in [-0.2, -0.15) is 0 Å². The Morgan fingerprint density at radius 3 is 2.45 bits per heavy atom. The molecule has 144 valence electrons. The molecule has 1 fully saturated rings. The molecule has 0 saturated carbocycles. The van der Waals surface area contributed by atoms with Crippen molar-refractivity contribution in [1.82, 2.24) is 0 Å². The third kappa shape index (κ3) is 3.20. The number of allylic oxidation sites excluding steroid dienone is 9. The molecule has 2 heterocycles. The molecule has 0 radical (unpaired) electrons. The van der Waals surface area contributed by atoms with E-state index in [0.29, 0.717) is 5.92 Å². The second-order valence-electron chi connectivity index (χ2n) is 8.16. The van der Waals surface area contributed by atoms with Crippen molar-refractivity contribution in [3.63, 3.8) is 0 Å². The molecule has 0 bridgehead atoms. The van der Waals surface area contributed by atoms with Crippen molar-refractivity contribution < 1.29 is 51.0 Å². The molecule has 6 rings (SSSR count). The minimum absolute atomic E-state index is 0. The van der Waals surface area contributed by atoms with Crippen LogP contribution in [0.1, 0.15) is 12.0 Å². The first-order chi connectivity index (χ1) is 12.6. The van der Waals surface area contributed by atoms with Crippen molar-refractivity contribution in [2.24, 2.45) is 5.92 Å². The summed E-state index contributed by atoms with van der Waals surface area (Å²) in [6.07, 6.45) is 10.4. The van der Waals surface area contributed by atoms with Crippen LogP contribution in [0, 0.1) is 5.92 Å². The van der Waals surface area contributed by atoms with E-state index in [2.05, 4.69) is 79.9 Å². The summed E-state index contributed by atoms with van der Waals surface area (Å²) in [6.45, 7) is 5.11. The Balaban J connectivity index is 0.000000801. The molecule has 1 unspecified atom stereocenters. The van der Waals surface area contributed by atoms with Crippen LogP contribution < -0.4 is 24.8 Å². The first kappa shape index (κ1) is 23.1. The average Bonchev–Trinajstić information content (AvgIpc) is 3.33. The zero-order valence-electron chi connectivity index (χ0n) is 16.3. The number of thioether (sulfide) groups is 1. The van der Waals surface area contributed by atoms with Gasteiger partial charge >= 0.3 is 26.2 Å². The maximum atomic E-state index is 2.56. The third-order valence-corrected chi connectivity index (χ3v) is 11.6. The molecule has 2 aromatic rings. The quantitative estimate of drug-likeness (QED) is 0.518. The first-order valence-electron chi connectivity index (χ1n) is 9.38. The van der Waals surface area contributed by atoms with Crippen molar-refractivity contribution >= 4 is 35.5 Å². The minimum atomic E-state index is -1.49. The van der Waals surface area contributed by atoms with E-state index >= 15 is 0 Å². The van der Waals surface area contributed by atoms with Gasteiger partial charge in [0.1, 0.15) is 8.07 Å². The summed E-state index contributed by atoms with van der Waals surface area (Å²) in [6, 6.07) is 15.7. The van der Waals surface area contributed by atoms with Crippen molar-refractivity contribution in [3.8, 4) is 0 Å². The standard InChI is InChI=1S/C24H20SSi.2ClH.Zr/c1-26(2)23-19(16-8-4-5-9-16)14-20-21(23)24(26)22(25-20)18-12-11-15-7-3-6-10-17(15)13-18;;;/h3-8,10-14,21H,9H2,1-2H3;2*1H;/q;;;+2/p-2. The molecule has 0 N–H and O–H groups in total. The largest absolute Gasteiger partial charge is 2.00 e.